The van der Waals surface area contributed by atoms with E-state index >= 15 is 0 Å². The fourth-order valence-electron chi connectivity index (χ4n) is 5.00. The zero-order valence-corrected chi connectivity index (χ0v) is 17.5. The molecule has 0 spiro atoms. The molecule has 146 valence electrons. The minimum atomic E-state index is 0. The highest BCUT2D eigenvalue weighted by Crippen LogP contribution is 2.42. The second-order valence-corrected chi connectivity index (χ2v) is 8.12. The van der Waals surface area contributed by atoms with Crippen molar-refractivity contribution in [1.82, 2.24) is 4.57 Å². The minimum Gasteiger partial charge on any atom is -1.00 e. The van der Waals surface area contributed by atoms with Gasteiger partial charge < -0.3 is 12.4 Å². The molecule has 0 N–H and O–H groups in total. The second kappa shape index (κ2) is 8.13. The van der Waals surface area contributed by atoms with Gasteiger partial charge in [-0.1, -0.05) is 87.6 Å². The monoisotopic (exact) mass is 392 g/mol. The maximum atomic E-state index is 2.61. The third kappa shape index (κ3) is 3.08. The topological polar surface area (TPSA) is 8.81 Å². The first-order valence-corrected chi connectivity index (χ1v) is 10.7. The number of fused-ring (bicyclic) bond motifs is 7. The smallest absolute Gasteiger partial charge is 0.257 e. The number of unbranched alkanes of at least 4 members (excludes halogenated alkanes) is 5. The Labute approximate surface area is 174 Å². The van der Waals surface area contributed by atoms with E-state index in [9.17, 15) is 0 Å². The Hall–Kier alpha value is -2.06. The van der Waals surface area contributed by atoms with Crippen LogP contribution < -0.4 is 17.0 Å². The molecule has 0 unspecified atom stereocenters. The van der Waals surface area contributed by atoms with Crippen LogP contribution in [0.5, 0.6) is 0 Å². The van der Waals surface area contributed by atoms with Crippen molar-refractivity contribution in [2.75, 3.05) is 0 Å². The van der Waals surface area contributed by atoms with Crippen LogP contribution in [0.3, 0.4) is 0 Å². The van der Waals surface area contributed by atoms with E-state index < -0.39 is 0 Å². The summed E-state index contributed by atoms with van der Waals surface area (Å²) in [6.07, 6.45) is 9.34. The molecule has 2 aliphatic rings. The largest absolute Gasteiger partial charge is 1.00 e. The first kappa shape index (κ1) is 19.3. The number of hydrogen-bond acceptors (Lipinski definition) is 0. The predicted molar refractivity (Wildman–Crippen MR) is 111 cm³/mol. The van der Waals surface area contributed by atoms with E-state index in [0.717, 1.165) is 13.1 Å². The Morgan fingerprint density at radius 3 is 2.32 bits per heavy atom. The molecule has 0 saturated carbocycles. The molecule has 0 bridgehead atoms. The number of rotatable bonds is 7. The van der Waals surface area contributed by atoms with Crippen molar-refractivity contribution in [2.24, 2.45) is 0 Å². The van der Waals surface area contributed by atoms with Gasteiger partial charge in [-0.15, -0.1) is 0 Å². The predicted octanol–water partition coefficient (Wildman–Crippen LogP) is 2.74. The van der Waals surface area contributed by atoms with Crippen molar-refractivity contribution >= 4 is 0 Å². The van der Waals surface area contributed by atoms with Gasteiger partial charge in [-0.3, -0.25) is 0 Å². The molecule has 2 aliphatic heterocycles. The van der Waals surface area contributed by atoms with Gasteiger partial charge in [-0.25, -0.2) is 9.13 Å². The highest BCUT2D eigenvalue weighted by molar-refractivity contribution is 5.83. The molecule has 3 aromatic rings. The summed E-state index contributed by atoms with van der Waals surface area (Å²) in [6.45, 7) is 4.37. The van der Waals surface area contributed by atoms with Gasteiger partial charge in [-0.05, 0) is 6.42 Å². The van der Waals surface area contributed by atoms with Crippen LogP contribution in [-0.4, -0.2) is 4.57 Å². The van der Waals surface area contributed by atoms with Crippen molar-refractivity contribution in [3.05, 3.63) is 65.5 Å². The normalized spacial score (nSPS) is 12.9. The number of imidazole rings is 1. The standard InChI is InChI=1S/C25H29N2.ClH/c1-2-3-4-5-6-7-16-23-26-17-19-12-8-10-14-21(19)24(26)25-22-15-11-9-13-20(22)18-27(23)25;/h8-15H,2-7,16-18H2,1H3;1H/q+1;/p-1. The molecular weight excluding hydrogens is 364 g/mol. The van der Waals surface area contributed by atoms with Gasteiger partial charge in [0.25, 0.3) is 5.82 Å². The van der Waals surface area contributed by atoms with Gasteiger partial charge in [-0.2, -0.15) is 0 Å². The average Bonchev–Trinajstić information content (AvgIpc) is 3.32. The zero-order chi connectivity index (χ0) is 18.2. The molecule has 0 radical (unpaired) electrons. The van der Waals surface area contributed by atoms with Crippen LogP contribution in [0.15, 0.2) is 48.5 Å². The van der Waals surface area contributed by atoms with E-state index in [1.807, 2.05) is 0 Å². The van der Waals surface area contributed by atoms with Gasteiger partial charge in [0.05, 0.1) is 0 Å². The summed E-state index contributed by atoms with van der Waals surface area (Å²) in [5.41, 5.74) is 8.74. The van der Waals surface area contributed by atoms with E-state index in [2.05, 4.69) is 64.6 Å². The number of hydrogen-bond donors (Lipinski definition) is 0. The Kier molecular flexibility index (Phi) is 5.59. The maximum absolute atomic E-state index is 2.61. The summed E-state index contributed by atoms with van der Waals surface area (Å²) in [4.78, 5) is 0. The van der Waals surface area contributed by atoms with Crippen LogP contribution in [0.1, 0.15) is 62.4 Å². The first-order valence-electron chi connectivity index (χ1n) is 10.7. The van der Waals surface area contributed by atoms with E-state index in [1.165, 1.54) is 84.4 Å². The summed E-state index contributed by atoms with van der Waals surface area (Å²) in [5.74, 6) is 1.53. The third-order valence-electron chi connectivity index (χ3n) is 6.34. The number of halogens is 1. The number of nitrogens with zero attached hydrogens (tertiary/aromatic N) is 2. The highest BCUT2D eigenvalue weighted by atomic mass is 35.5. The maximum Gasteiger partial charge on any atom is 0.257 e. The lowest BCUT2D eigenvalue weighted by Crippen LogP contribution is -3.00. The highest BCUT2D eigenvalue weighted by Gasteiger charge is 2.40. The molecule has 2 nitrogen and oxygen atoms in total. The molecule has 1 aromatic heterocycles. The molecule has 0 aliphatic carbocycles. The molecule has 0 amide bonds. The van der Waals surface area contributed by atoms with Crippen molar-refractivity contribution in [3.8, 4) is 22.5 Å². The molecule has 5 rings (SSSR count). The van der Waals surface area contributed by atoms with Crippen LogP contribution in [0, 0.1) is 0 Å². The second-order valence-electron chi connectivity index (χ2n) is 8.12. The lowest BCUT2D eigenvalue weighted by atomic mass is 10.0. The Morgan fingerprint density at radius 2 is 1.50 bits per heavy atom. The molecule has 2 aromatic carbocycles. The Morgan fingerprint density at radius 1 is 0.821 bits per heavy atom. The third-order valence-corrected chi connectivity index (χ3v) is 6.34. The van der Waals surface area contributed by atoms with Gasteiger partial charge >= 0.3 is 0 Å². The Bertz CT molecular complexity index is 915. The first-order chi connectivity index (χ1) is 13.4. The molecule has 3 heterocycles. The lowest BCUT2D eigenvalue weighted by Gasteiger charge is -2.03. The number of aromatic nitrogens is 2. The molecule has 0 atom stereocenters. The van der Waals surface area contributed by atoms with Crippen molar-refractivity contribution in [1.29, 1.82) is 0 Å². The summed E-state index contributed by atoms with van der Waals surface area (Å²) >= 11 is 0. The van der Waals surface area contributed by atoms with Gasteiger partial charge in [0.2, 0.25) is 0 Å². The van der Waals surface area contributed by atoms with Crippen LogP contribution in [0.2, 0.25) is 0 Å². The van der Waals surface area contributed by atoms with E-state index in [-0.39, 0.29) is 12.4 Å². The summed E-state index contributed by atoms with van der Waals surface area (Å²) in [7, 11) is 0. The Balaban J connectivity index is 0.00000192. The fourth-order valence-corrected chi connectivity index (χ4v) is 5.00. The fraction of sp³-hybridized carbons (Fsp3) is 0.400. The molecule has 3 heteroatoms. The van der Waals surface area contributed by atoms with Crippen LogP contribution in [0.4, 0.5) is 0 Å². The quantitative estimate of drug-likeness (QED) is 0.297. The molecule has 0 saturated heterocycles. The van der Waals surface area contributed by atoms with E-state index in [0.29, 0.717) is 0 Å². The van der Waals surface area contributed by atoms with Crippen LogP contribution >= 0.6 is 0 Å². The summed E-state index contributed by atoms with van der Waals surface area (Å²) in [6, 6.07) is 18.0. The molecular formula is C25H29ClN2. The average molecular weight is 393 g/mol. The van der Waals surface area contributed by atoms with Gasteiger partial charge in [0.15, 0.2) is 11.4 Å². The minimum absolute atomic E-state index is 0. The molecule has 28 heavy (non-hydrogen) atoms. The summed E-state index contributed by atoms with van der Waals surface area (Å²) in [5, 5.41) is 0. The SMILES string of the molecule is CCCCCCCCc1n2c(c3[n+]1Cc1ccccc1-3)-c1ccccc1C2.[Cl-]. The van der Waals surface area contributed by atoms with Gasteiger partial charge in [0, 0.05) is 28.7 Å². The lowest BCUT2D eigenvalue weighted by molar-refractivity contribution is -0.679. The number of benzene rings is 2. The van der Waals surface area contributed by atoms with Crippen molar-refractivity contribution in [2.45, 2.75) is 65.0 Å². The summed E-state index contributed by atoms with van der Waals surface area (Å²) < 4.78 is 5.23. The van der Waals surface area contributed by atoms with E-state index in [4.69, 9.17) is 0 Å². The van der Waals surface area contributed by atoms with Gasteiger partial charge in [0.1, 0.15) is 13.1 Å². The van der Waals surface area contributed by atoms with Crippen molar-refractivity contribution in [3.63, 3.8) is 0 Å². The van der Waals surface area contributed by atoms with Crippen molar-refractivity contribution < 1.29 is 17.0 Å². The van der Waals surface area contributed by atoms with Crippen LogP contribution in [-0.2, 0) is 19.5 Å². The van der Waals surface area contributed by atoms with Crippen LogP contribution in [0.25, 0.3) is 22.5 Å². The zero-order valence-electron chi connectivity index (χ0n) is 16.8. The molecule has 0 fully saturated rings. The van der Waals surface area contributed by atoms with E-state index in [1.54, 1.807) is 0 Å².